The van der Waals surface area contributed by atoms with Crippen molar-refractivity contribution in [3.05, 3.63) is 102 Å². The maximum absolute atomic E-state index is 13.7. The monoisotopic (exact) mass is 759 g/mol. The number of ether oxygens (including phenoxy) is 2. The van der Waals surface area contributed by atoms with E-state index in [9.17, 15) is 33.9 Å². The Kier molecular flexibility index (Phi) is 16.7. The van der Waals surface area contributed by atoms with Crippen LogP contribution in [-0.2, 0) is 52.9 Å². The second-order valence-electron chi connectivity index (χ2n) is 14.6. The molecule has 0 aromatic heterocycles. The lowest BCUT2D eigenvalue weighted by atomic mass is 10.0. The van der Waals surface area contributed by atoms with E-state index >= 15 is 0 Å². The van der Waals surface area contributed by atoms with Crippen LogP contribution in [0.25, 0.3) is 0 Å². The van der Waals surface area contributed by atoms with Crippen molar-refractivity contribution in [3.63, 3.8) is 0 Å². The number of esters is 1. The lowest BCUT2D eigenvalue weighted by Crippen LogP contribution is -2.57. The van der Waals surface area contributed by atoms with Gasteiger partial charge in [-0.05, 0) is 68.9 Å². The Bertz CT molecular complexity index is 1730. The molecule has 14 nitrogen and oxygen atoms in total. The summed E-state index contributed by atoms with van der Waals surface area (Å²) in [6.45, 7) is 9.76. The molecule has 0 fully saturated rings. The largest absolute Gasteiger partial charge is 0.508 e. The molecule has 0 aliphatic carbocycles. The molecule has 4 atom stereocenters. The second-order valence-corrected chi connectivity index (χ2v) is 14.6. The van der Waals surface area contributed by atoms with E-state index in [0.29, 0.717) is 12.0 Å². The summed E-state index contributed by atoms with van der Waals surface area (Å²) in [5, 5.41) is 22.6. The van der Waals surface area contributed by atoms with Crippen molar-refractivity contribution < 1.29 is 43.3 Å². The molecule has 3 aromatic carbocycles. The van der Waals surface area contributed by atoms with Gasteiger partial charge in [0.05, 0.1) is 6.54 Å². The molecule has 5 amide bonds. The SMILES string of the molecule is CC(C)C[C@H](NC(=O)[C@H](Cc1ccccc1)NC(=O)[C@H](C)NC(=O)CNC(=O)[C@H](Cc1ccc(O)cc1)NC(=O)OC(C)(C)C)C(=O)OCc1ccccc1. The number of phenolic OH excluding ortho intramolecular Hbond substituents is 1. The number of benzene rings is 3. The number of amides is 5. The van der Waals surface area contributed by atoms with Gasteiger partial charge in [0.25, 0.3) is 0 Å². The predicted molar refractivity (Wildman–Crippen MR) is 205 cm³/mol. The third-order valence-corrected chi connectivity index (χ3v) is 8.03. The molecule has 0 aliphatic rings. The van der Waals surface area contributed by atoms with Crippen LogP contribution in [0.15, 0.2) is 84.9 Å². The van der Waals surface area contributed by atoms with Gasteiger partial charge in [-0.15, -0.1) is 0 Å². The van der Waals surface area contributed by atoms with Gasteiger partial charge in [-0.3, -0.25) is 19.2 Å². The van der Waals surface area contributed by atoms with E-state index in [0.717, 1.165) is 11.1 Å². The summed E-state index contributed by atoms with van der Waals surface area (Å²) in [4.78, 5) is 78.9. The summed E-state index contributed by atoms with van der Waals surface area (Å²) < 4.78 is 10.8. The molecule has 6 N–H and O–H groups in total. The molecule has 3 aromatic rings. The summed E-state index contributed by atoms with van der Waals surface area (Å²) in [5.74, 6) is -3.24. The van der Waals surface area contributed by atoms with Gasteiger partial charge in [-0.25, -0.2) is 9.59 Å². The van der Waals surface area contributed by atoms with Crippen molar-refractivity contribution in [2.45, 2.75) is 97.2 Å². The van der Waals surface area contributed by atoms with Crippen LogP contribution < -0.4 is 26.6 Å². The third-order valence-electron chi connectivity index (χ3n) is 8.03. The summed E-state index contributed by atoms with van der Waals surface area (Å²) in [6.07, 6.45) is -0.420. The van der Waals surface area contributed by atoms with Crippen LogP contribution in [0.2, 0.25) is 0 Å². The van der Waals surface area contributed by atoms with Crippen molar-refractivity contribution in [2.75, 3.05) is 6.54 Å². The van der Waals surface area contributed by atoms with Crippen molar-refractivity contribution in [1.82, 2.24) is 26.6 Å². The number of hydrogen-bond acceptors (Lipinski definition) is 9. The number of carbonyl (C=O) groups is 6. The van der Waals surface area contributed by atoms with Crippen LogP contribution in [-0.4, -0.2) is 77.1 Å². The molecular formula is C41H53N5O9. The molecule has 0 aliphatic heterocycles. The molecule has 0 radical (unpaired) electrons. The first-order valence-electron chi connectivity index (χ1n) is 18.2. The Hall–Kier alpha value is -5.92. The first kappa shape index (κ1) is 43.5. The molecule has 0 unspecified atom stereocenters. The van der Waals surface area contributed by atoms with Crippen molar-refractivity contribution in [3.8, 4) is 5.75 Å². The second kappa shape index (κ2) is 21.1. The Morgan fingerprint density at radius 3 is 1.73 bits per heavy atom. The molecule has 55 heavy (non-hydrogen) atoms. The normalized spacial score (nSPS) is 13.3. The number of phenols is 1. The topological polar surface area (TPSA) is 201 Å². The third kappa shape index (κ3) is 16.3. The van der Waals surface area contributed by atoms with E-state index in [1.807, 2.05) is 50.2 Å². The van der Waals surface area contributed by atoms with Crippen LogP contribution >= 0.6 is 0 Å². The fraction of sp³-hybridized carbons (Fsp3) is 0.415. The molecular weight excluding hydrogens is 706 g/mol. The molecule has 0 spiro atoms. The number of carbonyl (C=O) groups excluding carboxylic acids is 6. The van der Waals surface area contributed by atoms with E-state index in [1.165, 1.54) is 19.1 Å². The van der Waals surface area contributed by atoms with E-state index in [1.54, 1.807) is 57.2 Å². The van der Waals surface area contributed by atoms with Crippen LogP contribution in [0.5, 0.6) is 5.75 Å². The van der Waals surface area contributed by atoms with E-state index < -0.39 is 72.0 Å². The molecule has 296 valence electrons. The zero-order chi connectivity index (χ0) is 40.5. The standard InChI is InChI=1S/C41H53N5O9/c1-26(2)21-34(39(52)54-25-30-15-11-8-12-16-30)45-38(51)33(22-28-13-9-7-10-14-28)44-36(49)27(3)43-35(48)24-42-37(50)32(46-40(53)55-41(4,5)6)23-29-17-19-31(47)20-18-29/h7-20,26-27,32-34,47H,21-25H2,1-6H3,(H,42,50)(H,43,48)(H,44,49)(H,45,51)(H,46,53)/t27-,32-,33-,34-/m0/s1. The molecule has 0 bridgehead atoms. The van der Waals surface area contributed by atoms with E-state index in [4.69, 9.17) is 9.47 Å². The zero-order valence-electron chi connectivity index (χ0n) is 32.2. The van der Waals surface area contributed by atoms with Crippen LogP contribution in [0.1, 0.15) is 64.7 Å². The van der Waals surface area contributed by atoms with Crippen LogP contribution in [0.4, 0.5) is 4.79 Å². The highest BCUT2D eigenvalue weighted by Crippen LogP contribution is 2.14. The first-order chi connectivity index (χ1) is 26.0. The highest BCUT2D eigenvalue weighted by molar-refractivity contribution is 5.95. The zero-order valence-corrected chi connectivity index (χ0v) is 32.2. The van der Waals surface area contributed by atoms with Gasteiger partial charge in [-0.2, -0.15) is 0 Å². The van der Waals surface area contributed by atoms with Gasteiger partial charge in [0, 0.05) is 12.8 Å². The Balaban J connectivity index is 1.65. The van der Waals surface area contributed by atoms with Crippen LogP contribution in [0.3, 0.4) is 0 Å². The fourth-order valence-corrected chi connectivity index (χ4v) is 5.32. The first-order valence-corrected chi connectivity index (χ1v) is 18.2. The molecule has 14 heteroatoms. The molecule has 0 heterocycles. The van der Waals surface area contributed by atoms with Gasteiger partial charge in [0.1, 0.15) is 42.1 Å². The minimum atomic E-state index is -1.14. The number of rotatable bonds is 18. The summed E-state index contributed by atoms with van der Waals surface area (Å²) in [6, 6.07) is 19.9. The van der Waals surface area contributed by atoms with Crippen molar-refractivity contribution in [1.29, 1.82) is 0 Å². The van der Waals surface area contributed by atoms with Crippen LogP contribution in [0, 0.1) is 5.92 Å². The number of aromatic hydroxyl groups is 1. The van der Waals surface area contributed by atoms with E-state index in [-0.39, 0.29) is 31.1 Å². The molecule has 0 saturated heterocycles. The lowest BCUT2D eigenvalue weighted by molar-refractivity contribution is -0.150. The fourth-order valence-electron chi connectivity index (χ4n) is 5.32. The molecule has 3 rings (SSSR count). The average Bonchev–Trinajstić information content (AvgIpc) is 3.12. The highest BCUT2D eigenvalue weighted by atomic mass is 16.6. The smallest absolute Gasteiger partial charge is 0.408 e. The van der Waals surface area contributed by atoms with Gasteiger partial charge in [0.15, 0.2) is 0 Å². The minimum absolute atomic E-state index is 0.0272. The maximum Gasteiger partial charge on any atom is 0.408 e. The van der Waals surface area contributed by atoms with Gasteiger partial charge in [-0.1, -0.05) is 86.6 Å². The maximum atomic E-state index is 13.7. The number of hydrogen-bond donors (Lipinski definition) is 6. The number of alkyl carbamates (subject to hydrolysis) is 1. The van der Waals surface area contributed by atoms with Gasteiger partial charge < -0.3 is 41.2 Å². The van der Waals surface area contributed by atoms with Crippen molar-refractivity contribution in [2.24, 2.45) is 5.92 Å². The Labute approximate surface area is 322 Å². The minimum Gasteiger partial charge on any atom is -0.508 e. The van der Waals surface area contributed by atoms with Gasteiger partial charge >= 0.3 is 12.1 Å². The lowest BCUT2D eigenvalue weighted by Gasteiger charge is -2.25. The summed E-state index contributed by atoms with van der Waals surface area (Å²) >= 11 is 0. The summed E-state index contributed by atoms with van der Waals surface area (Å²) in [5.41, 5.74) is 1.33. The van der Waals surface area contributed by atoms with Gasteiger partial charge in [0.2, 0.25) is 23.6 Å². The summed E-state index contributed by atoms with van der Waals surface area (Å²) in [7, 11) is 0. The van der Waals surface area contributed by atoms with Crippen molar-refractivity contribution >= 4 is 35.7 Å². The average molecular weight is 760 g/mol. The predicted octanol–water partition coefficient (Wildman–Crippen LogP) is 3.45. The quantitative estimate of drug-likeness (QED) is 0.105. The highest BCUT2D eigenvalue weighted by Gasteiger charge is 2.30. The Morgan fingerprint density at radius 2 is 1.16 bits per heavy atom. The molecule has 0 saturated carbocycles. The Morgan fingerprint density at radius 1 is 0.636 bits per heavy atom. The number of nitrogens with one attached hydrogen (secondary N) is 5. The van der Waals surface area contributed by atoms with E-state index in [2.05, 4.69) is 26.6 Å².